The highest BCUT2D eigenvalue weighted by atomic mass is 16.2. The highest BCUT2D eigenvalue weighted by Crippen LogP contribution is 2.18. The van der Waals surface area contributed by atoms with Crippen LogP contribution in [-0.4, -0.2) is 59.7 Å². The lowest BCUT2D eigenvalue weighted by atomic mass is 9.96. The van der Waals surface area contributed by atoms with E-state index in [4.69, 9.17) is 0 Å². The molecule has 2 saturated heterocycles. The zero-order valence-electron chi connectivity index (χ0n) is 12.9. The standard InChI is InChI=1S/C15H25N3O3/c1-11(2)17-7-5-12(6-8-17)9-16-13(19)10-18-14(20)3-4-15(18)21/h11-12H,3-10H2,1-2H3,(H,16,19). The fraction of sp³-hybridized carbons (Fsp3) is 0.800. The summed E-state index contributed by atoms with van der Waals surface area (Å²) < 4.78 is 0. The average molecular weight is 295 g/mol. The number of likely N-dealkylation sites (tertiary alicyclic amines) is 2. The molecule has 0 bridgehead atoms. The van der Waals surface area contributed by atoms with Gasteiger partial charge in [-0.05, 0) is 45.7 Å². The first-order valence-corrected chi connectivity index (χ1v) is 7.81. The third-order valence-corrected chi connectivity index (χ3v) is 4.42. The van der Waals surface area contributed by atoms with E-state index >= 15 is 0 Å². The van der Waals surface area contributed by atoms with E-state index in [0.29, 0.717) is 18.5 Å². The quantitative estimate of drug-likeness (QED) is 0.744. The van der Waals surface area contributed by atoms with Crippen molar-refractivity contribution >= 4 is 17.7 Å². The molecule has 0 atom stereocenters. The fourth-order valence-corrected chi connectivity index (χ4v) is 2.93. The zero-order valence-corrected chi connectivity index (χ0v) is 12.9. The molecule has 3 amide bonds. The van der Waals surface area contributed by atoms with Gasteiger partial charge in [-0.2, -0.15) is 0 Å². The molecule has 6 nitrogen and oxygen atoms in total. The lowest BCUT2D eigenvalue weighted by Crippen LogP contribution is -2.44. The zero-order chi connectivity index (χ0) is 15.4. The molecule has 2 aliphatic rings. The molecule has 2 rings (SSSR count). The molecular weight excluding hydrogens is 270 g/mol. The molecule has 2 heterocycles. The van der Waals surface area contributed by atoms with E-state index in [0.717, 1.165) is 30.8 Å². The maximum atomic E-state index is 11.8. The minimum Gasteiger partial charge on any atom is -0.354 e. The van der Waals surface area contributed by atoms with Gasteiger partial charge >= 0.3 is 0 Å². The van der Waals surface area contributed by atoms with Gasteiger partial charge in [0.05, 0.1) is 0 Å². The first-order valence-electron chi connectivity index (χ1n) is 7.81. The molecule has 6 heteroatoms. The number of hydrogen-bond donors (Lipinski definition) is 1. The molecule has 1 N–H and O–H groups in total. The van der Waals surface area contributed by atoms with E-state index in [1.54, 1.807) is 0 Å². The van der Waals surface area contributed by atoms with Gasteiger partial charge in [0.15, 0.2) is 0 Å². The van der Waals surface area contributed by atoms with Gasteiger partial charge in [0.25, 0.3) is 0 Å². The summed E-state index contributed by atoms with van der Waals surface area (Å²) >= 11 is 0. The van der Waals surface area contributed by atoms with Crippen LogP contribution in [0.4, 0.5) is 0 Å². The predicted octanol–water partition coefficient (Wildman–Crippen LogP) is 0.372. The summed E-state index contributed by atoms with van der Waals surface area (Å²) in [6.07, 6.45) is 2.64. The lowest BCUT2D eigenvalue weighted by Gasteiger charge is -2.34. The summed E-state index contributed by atoms with van der Waals surface area (Å²) in [6.45, 7) is 7.06. The number of carbonyl (C=O) groups excluding carboxylic acids is 3. The van der Waals surface area contributed by atoms with Crippen molar-refractivity contribution in [2.45, 2.75) is 45.6 Å². The van der Waals surface area contributed by atoms with E-state index in [1.165, 1.54) is 0 Å². The van der Waals surface area contributed by atoms with Crippen LogP contribution in [0.5, 0.6) is 0 Å². The Labute approximate surface area is 125 Å². The first kappa shape index (κ1) is 15.9. The molecule has 2 fully saturated rings. The van der Waals surface area contributed by atoms with Crippen LogP contribution in [0.15, 0.2) is 0 Å². The maximum absolute atomic E-state index is 11.8. The summed E-state index contributed by atoms with van der Waals surface area (Å²) in [5.74, 6) is -0.209. The number of carbonyl (C=O) groups is 3. The van der Waals surface area contributed by atoms with Gasteiger partial charge in [-0.15, -0.1) is 0 Å². The van der Waals surface area contributed by atoms with Crippen molar-refractivity contribution in [3.8, 4) is 0 Å². The minimum atomic E-state index is -0.236. The van der Waals surface area contributed by atoms with E-state index in [-0.39, 0.29) is 37.1 Å². The van der Waals surface area contributed by atoms with Crippen LogP contribution in [0, 0.1) is 5.92 Å². The van der Waals surface area contributed by atoms with E-state index in [2.05, 4.69) is 24.1 Å². The molecular formula is C15H25N3O3. The van der Waals surface area contributed by atoms with Crippen LogP contribution >= 0.6 is 0 Å². The summed E-state index contributed by atoms with van der Waals surface area (Å²) in [7, 11) is 0. The second kappa shape index (κ2) is 7.02. The van der Waals surface area contributed by atoms with Gasteiger partial charge in [0, 0.05) is 25.4 Å². The van der Waals surface area contributed by atoms with E-state index < -0.39 is 0 Å². The number of hydrogen-bond acceptors (Lipinski definition) is 4. The highest BCUT2D eigenvalue weighted by Gasteiger charge is 2.30. The number of nitrogens with one attached hydrogen (secondary N) is 1. The van der Waals surface area contributed by atoms with Crippen LogP contribution < -0.4 is 5.32 Å². The van der Waals surface area contributed by atoms with Crippen LogP contribution in [0.1, 0.15) is 39.5 Å². The number of nitrogens with zero attached hydrogens (tertiary/aromatic N) is 2. The molecule has 118 valence electrons. The van der Waals surface area contributed by atoms with Crippen LogP contribution in [0.2, 0.25) is 0 Å². The molecule has 0 aromatic heterocycles. The Hall–Kier alpha value is -1.43. The SMILES string of the molecule is CC(C)N1CCC(CNC(=O)CN2C(=O)CCC2=O)CC1. The summed E-state index contributed by atoms with van der Waals surface area (Å²) in [4.78, 5) is 38.2. The molecule has 0 spiro atoms. The molecule has 2 aliphatic heterocycles. The van der Waals surface area contributed by atoms with Crippen molar-refractivity contribution in [3.63, 3.8) is 0 Å². The molecule has 21 heavy (non-hydrogen) atoms. The third-order valence-electron chi connectivity index (χ3n) is 4.42. The van der Waals surface area contributed by atoms with Gasteiger partial charge in [-0.3, -0.25) is 19.3 Å². The van der Waals surface area contributed by atoms with Crippen LogP contribution in [0.3, 0.4) is 0 Å². The Bertz CT molecular complexity index is 398. The second-order valence-corrected chi connectivity index (χ2v) is 6.25. The predicted molar refractivity (Wildman–Crippen MR) is 78.4 cm³/mol. The number of rotatable bonds is 5. The summed E-state index contributed by atoms with van der Waals surface area (Å²) in [5, 5.41) is 2.86. The minimum absolute atomic E-state index is 0.123. The first-order chi connectivity index (χ1) is 9.97. The number of imide groups is 1. The van der Waals surface area contributed by atoms with E-state index in [9.17, 15) is 14.4 Å². The lowest BCUT2D eigenvalue weighted by molar-refractivity contribution is -0.142. The molecule has 0 aliphatic carbocycles. The van der Waals surface area contributed by atoms with Crippen molar-refractivity contribution < 1.29 is 14.4 Å². The van der Waals surface area contributed by atoms with Crippen LogP contribution in [-0.2, 0) is 14.4 Å². The van der Waals surface area contributed by atoms with Crippen molar-refractivity contribution in [2.24, 2.45) is 5.92 Å². The van der Waals surface area contributed by atoms with Gasteiger partial charge in [-0.25, -0.2) is 0 Å². The third kappa shape index (κ3) is 4.27. The molecule has 0 unspecified atom stereocenters. The molecule has 0 saturated carbocycles. The van der Waals surface area contributed by atoms with Crippen LogP contribution in [0.25, 0.3) is 0 Å². The number of piperidine rings is 1. The Kier molecular flexibility index (Phi) is 5.33. The largest absolute Gasteiger partial charge is 0.354 e. The van der Waals surface area contributed by atoms with Gasteiger partial charge in [0.2, 0.25) is 17.7 Å². The molecule has 0 aromatic rings. The molecule has 0 aromatic carbocycles. The van der Waals surface area contributed by atoms with E-state index in [1.807, 2.05) is 0 Å². The average Bonchev–Trinajstić information content (AvgIpc) is 2.77. The topological polar surface area (TPSA) is 69.7 Å². The maximum Gasteiger partial charge on any atom is 0.240 e. The summed E-state index contributed by atoms with van der Waals surface area (Å²) in [6, 6.07) is 0.577. The Balaban J connectivity index is 1.68. The van der Waals surface area contributed by atoms with Gasteiger partial charge in [0.1, 0.15) is 6.54 Å². The van der Waals surface area contributed by atoms with Gasteiger partial charge in [-0.1, -0.05) is 0 Å². The smallest absolute Gasteiger partial charge is 0.240 e. The molecule has 0 radical (unpaired) electrons. The second-order valence-electron chi connectivity index (χ2n) is 6.25. The highest BCUT2D eigenvalue weighted by molar-refractivity contribution is 6.04. The Morgan fingerprint density at radius 3 is 2.29 bits per heavy atom. The number of amides is 3. The Morgan fingerprint density at radius 1 is 1.19 bits per heavy atom. The van der Waals surface area contributed by atoms with Crippen molar-refractivity contribution in [3.05, 3.63) is 0 Å². The van der Waals surface area contributed by atoms with Crippen molar-refractivity contribution in [1.29, 1.82) is 0 Å². The Morgan fingerprint density at radius 2 is 1.76 bits per heavy atom. The summed E-state index contributed by atoms with van der Waals surface area (Å²) in [5.41, 5.74) is 0. The van der Waals surface area contributed by atoms with Gasteiger partial charge < -0.3 is 10.2 Å². The normalized spacial score (nSPS) is 21.4. The fourth-order valence-electron chi connectivity index (χ4n) is 2.93. The van der Waals surface area contributed by atoms with Crippen molar-refractivity contribution in [2.75, 3.05) is 26.2 Å². The monoisotopic (exact) mass is 295 g/mol. The van der Waals surface area contributed by atoms with Crippen molar-refractivity contribution in [1.82, 2.24) is 15.1 Å².